The molecule has 0 atom stereocenters. The standard InChI is InChI=1S/C10H14O4S.Na.H/c1-5-7(3)10(15(12,13)14)8(4)6(2)9(5)11;;/h11H,1-4H3,(H,12,13,14);;. The topological polar surface area (TPSA) is 74.6 Å². The van der Waals surface area contributed by atoms with Gasteiger partial charge in [-0.1, -0.05) is 0 Å². The van der Waals surface area contributed by atoms with Crippen molar-refractivity contribution in [3.8, 4) is 5.75 Å². The Labute approximate surface area is 118 Å². The number of hydrogen-bond acceptors (Lipinski definition) is 3. The van der Waals surface area contributed by atoms with Crippen molar-refractivity contribution in [3.05, 3.63) is 22.3 Å². The molecule has 0 fully saturated rings. The Kier molecular flexibility index (Phi) is 5.04. The third-order valence-electron chi connectivity index (χ3n) is 2.77. The Morgan fingerprint density at radius 2 is 1.19 bits per heavy atom. The number of aromatic hydroxyl groups is 1. The molecule has 0 amide bonds. The van der Waals surface area contributed by atoms with Gasteiger partial charge in [0.15, 0.2) is 0 Å². The number of phenols is 1. The summed E-state index contributed by atoms with van der Waals surface area (Å²) in [6.45, 7) is 6.35. The Balaban J connectivity index is 0.00000225. The zero-order valence-electron chi connectivity index (χ0n) is 9.12. The maximum atomic E-state index is 11.2. The predicted octanol–water partition coefficient (Wildman–Crippen LogP) is 1.22. The fourth-order valence-corrected chi connectivity index (χ4v) is 2.73. The zero-order chi connectivity index (χ0) is 12.0. The number of benzene rings is 1. The van der Waals surface area contributed by atoms with Crippen molar-refractivity contribution in [2.45, 2.75) is 32.6 Å². The van der Waals surface area contributed by atoms with Crippen molar-refractivity contribution in [3.63, 3.8) is 0 Å². The van der Waals surface area contributed by atoms with E-state index in [4.69, 9.17) is 4.55 Å². The molecule has 0 aromatic heterocycles. The van der Waals surface area contributed by atoms with Crippen LogP contribution >= 0.6 is 0 Å². The summed E-state index contributed by atoms with van der Waals surface area (Å²) in [5.41, 5.74) is 1.73. The van der Waals surface area contributed by atoms with Crippen LogP contribution in [0.4, 0.5) is 0 Å². The minimum atomic E-state index is -4.24. The van der Waals surface area contributed by atoms with E-state index < -0.39 is 10.1 Å². The van der Waals surface area contributed by atoms with E-state index in [0.29, 0.717) is 22.3 Å². The molecular formula is C10H15NaO4S. The molecule has 1 aromatic carbocycles. The van der Waals surface area contributed by atoms with Crippen molar-refractivity contribution in [1.29, 1.82) is 0 Å². The SMILES string of the molecule is Cc1c(C)c(S(=O)(=O)O)c(C)c(C)c1O.[NaH]. The summed E-state index contributed by atoms with van der Waals surface area (Å²) < 4.78 is 31.4. The van der Waals surface area contributed by atoms with Crippen LogP contribution in [0.2, 0.25) is 0 Å². The second-order valence-corrected chi connectivity index (χ2v) is 5.01. The molecule has 0 saturated heterocycles. The summed E-state index contributed by atoms with van der Waals surface area (Å²) in [5, 5.41) is 9.68. The molecule has 0 radical (unpaired) electrons. The van der Waals surface area contributed by atoms with Crippen molar-refractivity contribution in [2.75, 3.05) is 0 Å². The number of hydrogen-bond donors (Lipinski definition) is 2. The van der Waals surface area contributed by atoms with E-state index in [-0.39, 0.29) is 40.2 Å². The van der Waals surface area contributed by atoms with Crippen molar-refractivity contribution in [1.82, 2.24) is 0 Å². The van der Waals surface area contributed by atoms with E-state index >= 15 is 0 Å². The zero-order valence-corrected chi connectivity index (χ0v) is 9.94. The average Bonchev–Trinajstić information content (AvgIpc) is 2.09. The summed E-state index contributed by atoms with van der Waals surface area (Å²) in [7, 11) is -4.24. The summed E-state index contributed by atoms with van der Waals surface area (Å²) in [6.07, 6.45) is 0. The molecule has 0 aliphatic heterocycles. The molecule has 0 saturated carbocycles. The molecule has 0 unspecified atom stereocenters. The predicted molar refractivity (Wildman–Crippen MR) is 64.0 cm³/mol. The normalized spacial score (nSPS) is 11.1. The van der Waals surface area contributed by atoms with Crippen molar-refractivity contribution >= 4 is 39.7 Å². The van der Waals surface area contributed by atoms with Gasteiger partial charge in [0.05, 0.1) is 0 Å². The Morgan fingerprint density at radius 3 is 1.44 bits per heavy atom. The van der Waals surface area contributed by atoms with E-state index in [1.807, 2.05) is 0 Å². The summed E-state index contributed by atoms with van der Waals surface area (Å²) in [6, 6.07) is 0. The maximum absolute atomic E-state index is 11.2. The third kappa shape index (κ3) is 2.60. The molecule has 6 heteroatoms. The molecular weight excluding hydrogens is 239 g/mol. The molecule has 0 aliphatic carbocycles. The molecule has 16 heavy (non-hydrogen) atoms. The van der Waals surface area contributed by atoms with Crippen LogP contribution < -0.4 is 0 Å². The van der Waals surface area contributed by atoms with Gasteiger partial charge in [-0.3, -0.25) is 4.55 Å². The molecule has 1 aromatic rings. The molecule has 0 bridgehead atoms. The van der Waals surface area contributed by atoms with Gasteiger partial charge in [0.2, 0.25) is 0 Å². The van der Waals surface area contributed by atoms with Gasteiger partial charge < -0.3 is 5.11 Å². The quantitative estimate of drug-likeness (QED) is 0.584. The van der Waals surface area contributed by atoms with Crippen LogP contribution in [0.5, 0.6) is 5.75 Å². The van der Waals surface area contributed by atoms with E-state index in [0.717, 1.165) is 0 Å². The summed E-state index contributed by atoms with van der Waals surface area (Å²) >= 11 is 0. The van der Waals surface area contributed by atoms with Crippen LogP contribution in [0, 0.1) is 27.7 Å². The van der Waals surface area contributed by atoms with Gasteiger partial charge in [0, 0.05) is 0 Å². The van der Waals surface area contributed by atoms with Crippen molar-refractivity contribution < 1.29 is 18.1 Å². The first-order valence-corrected chi connectivity index (χ1v) is 5.88. The molecule has 86 valence electrons. The molecule has 2 N–H and O–H groups in total. The van der Waals surface area contributed by atoms with Crippen LogP contribution in [0.15, 0.2) is 4.90 Å². The van der Waals surface area contributed by atoms with Crippen LogP contribution in [0.1, 0.15) is 22.3 Å². The molecule has 4 nitrogen and oxygen atoms in total. The van der Waals surface area contributed by atoms with Gasteiger partial charge in [0.1, 0.15) is 10.6 Å². The number of rotatable bonds is 1. The molecule has 0 spiro atoms. The third-order valence-corrected chi connectivity index (χ3v) is 3.90. The minimum absolute atomic E-state index is 0. The van der Waals surface area contributed by atoms with Crippen LogP contribution in [0.3, 0.4) is 0 Å². The molecule has 0 aliphatic rings. The average molecular weight is 254 g/mol. The van der Waals surface area contributed by atoms with Crippen LogP contribution in [-0.4, -0.2) is 47.6 Å². The molecule has 1 rings (SSSR count). The second kappa shape index (κ2) is 5.06. The Morgan fingerprint density at radius 1 is 0.875 bits per heavy atom. The van der Waals surface area contributed by atoms with Crippen molar-refractivity contribution in [2.24, 2.45) is 0 Å². The van der Waals surface area contributed by atoms with E-state index in [1.165, 1.54) is 0 Å². The fraction of sp³-hybridized carbons (Fsp3) is 0.400. The monoisotopic (exact) mass is 254 g/mol. The first-order chi connectivity index (χ1) is 6.68. The van der Waals surface area contributed by atoms with Gasteiger partial charge in [-0.05, 0) is 49.9 Å². The van der Waals surface area contributed by atoms with Gasteiger partial charge in [-0.25, -0.2) is 0 Å². The first kappa shape index (κ1) is 15.9. The van der Waals surface area contributed by atoms with Gasteiger partial charge in [0.25, 0.3) is 10.1 Å². The number of phenolic OH excluding ortho intramolecular Hbond substituents is 1. The summed E-state index contributed by atoms with van der Waals surface area (Å²) in [4.78, 5) is -0.102. The second-order valence-electron chi connectivity index (χ2n) is 3.65. The molecule has 0 heterocycles. The van der Waals surface area contributed by atoms with E-state index in [1.54, 1.807) is 27.7 Å². The first-order valence-electron chi connectivity index (χ1n) is 4.44. The van der Waals surface area contributed by atoms with E-state index in [9.17, 15) is 13.5 Å². The van der Waals surface area contributed by atoms with Gasteiger partial charge in [-0.15, -0.1) is 0 Å². The fourth-order valence-electron chi connectivity index (χ4n) is 1.65. The van der Waals surface area contributed by atoms with Gasteiger partial charge >= 0.3 is 29.6 Å². The Hall–Kier alpha value is -0.0700. The summed E-state index contributed by atoms with van der Waals surface area (Å²) in [5.74, 6) is 0.0809. The van der Waals surface area contributed by atoms with Crippen LogP contribution in [0.25, 0.3) is 0 Å². The van der Waals surface area contributed by atoms with Crippen LogP contribution in [-0.2, 0) is 10.1 Å². The Bertz CT molecular complexity index is 491. The van der Waals surface area contributed by atoms with E-state index in [2.05, 4.69) is 0 Å². The van der Waals surface area contributed by atoms with Gasteiger partial charge in [-0.2, -0.15) is 8.42 Å².